The summed E-state index contributed by atoms with van der Waals surface area (Å²) in [5.74, 6) is 1.05. The van der Waals surface area contributed by atoms with Crippen LogP contribution in [0.15, 0.2) is 65.2 Å². The largest absolute Gasteiger partial charge is 0.425 e. The third-order valence-electron chi connectivity index (χ3n) is 5.21. The Bertz CT molecular complexity index is 1100. The molecular weight excluding hydrogens is 376 g/mol. The first kappa shape index (κ1) is 19.9. The molecule has 0 aliphatic rings. The highest BCUT2D eigenvalue weighted by Gasteiger charge is 2.15. The Morgan fingerprint density at radius 1 is 1.07 bits per heavy atom. The van der Waals surface area contributed by atoms with Gasteiger partial charge in [-0.15, -0.1) is 10.2 Å². The van der Waals surface area contributed by atoms with Gasteiger partial charge in [-0.1, -0.05) is 61.9 Å². The van der Waals surface area contributed by atoms with E-state index in [0.29, 0.717) is 31.0 Å². The monoisotopic (exact) mass is 402 g/mol. The number of aromatic nitrogens is 3. The Kier molecular flexibility index (Phi) is 6.23. The van der Waals surface area contributed by atoms with Crippen LogP contribution in [0.2, 0.25) is 0 Å². The summed E-state index contributed by atoms with van der Waals surface area (Å²) in [4.78, 5) is 15.7. The summed E-state index contributed by atoms with van der Waals surface area (Å²) in [5, 5.41) is 12.6. The van der Waals surface area contributed by atoms with Crippen molar-refractivity contribution in [2.24, 2.45) is 0 Å². The van der Waals surface area contributed by atoms with Gasteiger partial charge in [0.25, 0.3) is 0 Å². The van der Waals surface area contributed by atoms with Crippen LogP contribution in [0.1, 0.15) is 55.1 Å². The van der Waals surface area contributed by atoms with Crippen molar-refractivity contribution in [2.75, 3.05) is 0 Å². The SMILES string of the molecule is CCC[C@H](NC(=O)CCc1nnc(Cc2c[nH]c3ccccc23)o1)c1ccccc1. The predicted octanol–water partition coefficient (Wildman–Crippen LogP) is 4.73. The Morgan fingerprint density at radius 3 is 2.67 bits per heavy atom. The molecule has 2 heterocycles. The zero-order chi connectivity index (χ0) is 20.8. The van der Waals surface area contributed by atoms with Crippen LogP contribution in [0.3, 0.4) is 0 Å². The van der Waals surface area contributed by atoms with E-state index in [1.807, 2.05) is 42.6 Å². The average molecular weight is 402 g/mol. The summed E-state index contributed by atoms with van der Waals surface area (Å²) >= 11 is 0. The molecule has 0 saturated carbocycles. The number of H-pyrrole nitrogens is 1. The first-order chi connectivity index (χ1) is 14.7. The fourth-order valence-corrected chi connectivity index (χ4v) is 3.68. The summed E-state index contributed by atoms with van der Waals surface area (Å²) in [6.07, 6.45) is 5.20. The van der Waals surface area contributed by atoms with Gasteiger partial charge in [-0.25, -0.2) is 0 Å². The normalized spacial score (nSPS) is 12.2. The second-order valence-corrected chi connectivity index (χ2v) is 7.45. The zero-order valence-corrected chi connectivity index (χ0v) is 17.1. The van der Waals surface area contributed by atoms with Gasteiger partial charge in [0, 0.05) is 29.9 Å². The summed E-state index contributed by atoms with van der Waals surface area (Å²) in [5.41, 5.74) is 3.33. The molecular formula is C24H26N4O2. The molecule has 0 saturated heterocycles. The molecule has 2 N–H and O–H groups in total. The fraction of sp³-hybridized carbons (Fsp3) is 0.292. The molecule has 6 heteroatoms. The quantitative estimate of drug-likeness (QED) is 0.424. The number of fused-ring (bicyclic) bond motifs is 1. The van der Waals surface area contributed by atoms with E-state index in [0.717, 1.165) is 34.9 Å². The second-order valence-electron chi connectivity index (χ2n) is 7.45. The van der Waals surface area contributed by atoms with Crippen molar-refractivity contribution in [3.63, 3.8) is 0 Å². The van der Waals surface area contributed by atoms with Crippen molar-refractivity contribution < 1.29 is 9.21 Å². The lowest BCUT2D eigenvalue weighted by atomic mass is 10.0. The van der Waals surface area contributed by atoms with Crippen molar-refractivity contribution in [3.05, 3.63) is 83.7 Å². The van der Waals surface area contributed by atoms with Gasteiger partial charge in [0.05, 0.1) is 12.5 Å². The second kappa shape index (κ2) is 9.39. The van der Waals surface area contributed by atoms with Crippen LogP contribution in [0.4, 0.5) is 0 Å². The maximum Gasteiger partial charge on any atom is 0.221 e. The molecule has 0 radical (unpaired) electrons. The van der Waals surface area contributed by atoms with Crippen LogP contribution in [-0.4, -0.2) is 21.1 Å². The van der Waals surface area contributed by atoms with Gasteiger partial charge in [0.15, 0.2) is 0 Å². The van der Waals surface area contributed by atoms with E-state index in [4.69, 9.17) is 4.42 Å². The van der Waals surface area contributed by atoms with E-state index in [-0.39, 0.29) is 11.9 Å². The lowest BCUT2D eigenvalue weighted by Crippen LogP contribution is -2.28. The highest BCUT2D eigenvalue weighted by atomic mass is 16.4. The fourth-order valence-electron chi connectivity index (χ4n) is 3.68. The molecule has 0 fully saturated rings. The van der Waals surface area contributed by atoms with Gasteiger partial charge < -0.3 is 14.7 Å². The Morgan fingerprint density at radius 2 is 1.83 bits per heavy atom. The Balaban J connectivity index is 1.33. The predicted molar refractivity (Wildman–Crippen MR) is 116 cm³/mol. The van der Waals surface area contributed by atoms with Crippen molar-refractivity contribution in [1.82, 2.24) is 20.5 Å². The number of aromatic amines is 1. The summed E-state index contributed by atoms with van der Waals surface area (Å²) < 4.78 is 5.78. The molecule has 0 aliphatic heterocycles. The number of nitrogens with zero attached hydrogens (tertiary/aromatic N) is 2. The molecule has 0 spiro atoms. The molecule has 4 rings (SSSR count). The number of hydrogen-bond acceptors (Lipinski definition) is 4. The minimum atomic E-state index is -0.00585. The van der Waals surface area contributed by atoms with E-state index in [2.05, 4.69) is 45.6 Å². The molecule has 30 heavy (non-hydrogen) atoms. The number of benzene rings is 2. The maximum absolute atomic E-state index is 12.5. The molecule has 2 aromatic heterocycles. The summed E-state index contributed by atoms with van der Waals surface area (Å²) in [6.45, 7) is 2.12. The van der Waals surface area contributed by atoms with Crippen LogP contribution in [0.25, 0.3) is 10.9 Å². The first-order valence-corrected chi connectivity index (χ1v) is 10.4. The lowest BCUT2D eigenvalue weighted by molar-refractivity contribution is -0.121. The van der Waals surface area contributed by atoms with E-state index < -0.39 is 0 Å². The Labute approximate surface area is 175 Å². The summed E-state index contributed by atoms with van der Waals surface area (Å²) in [7, 11) is 0. The van der Waals surface area contributed by atoms with Crippen LogP contribution in [0.5, 0.6) is 0 Å². The molecule has 154 valence electrons. The number of amides is 1. The topological polar surface area (TPSA) is 83.8 Å². The molecule has 1 atom stereocenters. The lowest BCUT2D eigenvalue weighted by Gasteiger charge is -2.18. The van der Waals surface area contributed by atoms with E-state index in [1.54, 1.807) is 0 Å². The standard InChI is InChI=1S/C24H26N4O2/c1-2-8-20(17-9-4-3-5-10-17)26-22(29)13-14-23-27-28-24(30-23)15-18-16-25-21-12-7-6-11-19(18)21/h3-7,9-12,16,20,25H,2,8,13-15H2,1H3,(H,26,29)/t20-/m0/s1. The Hall–Kier alpha value is -3.41. The molecule has 4 aromatic rings. The van der Waals surface area contributed by atoms with Crippen LogP contribution in [-0.2, 0) is 17.6 Å². The van der Waals surface area contributed by atoms with Crippen molar-refractivity contribution in [3.8, 4) is 0 Å². The molecule has 0 bridgehead atoms. The number of carbonyl (C=O) groups is 1. The van der Waals surface area contributed by atoms with Crippen molar-refractivity contribution in [1.29, 1.82) is 0 Å². The molecule has 6 nitrogen and oxygen atoms in total. The first-order valence-electron chi connectivity index (χ1n) is 10.4. The highest BCUT2D eigenvalue weighted by molar-refractivity contribution is 5.83. The number of carbonyl (C=O) groups excluding carboxylic acids is 1. The highest BCUT2D eigenvalue weighted by Crippen LogP contribution is 2.21. The average Bonchev–Trinajstić information content (AvgIpc) is 3.40. The van der Waals surface area contributed by atoms with E-state index in [9.17, 15) is 4.79 Å². The molecule has 0 aliphatic carbocycles. The summed E-state index contributed by atoms with van der Waals surface area (Å²) in [6, 6.07) is 18.2. The van der Waals surface area contributed by atoms with Gasteiger partial charge >= 0.3 is 0 Å². The smallest absolute Gasteiger partial charge is 0.221 e. The van der Waals surface area contributed by atoms with Crippen molar-refractivity contribution in [2.45, 2.75) is 45.1 Å². The maximum atomic E-state index is 12.5. The number of rotatable bonds is 9. The van der Waals surface area contributed by atoms with Gasteiger partial charge in [-0.2, -0.15) is 0 Å². The van der Waals surface area contributed by atoms with Gasteiger partial charge in [0.2, 0.25) is 17.7 Å². The van der Waals surface area contributed by atoms with Crippen LogP contribution >= 0.6 is 0 Å². The number of aryl methyl sites for hydroxylation is 1. The van der Waals surface area contributed by atoms with E-state index in [1.165, 1.54) is 0 Å². The number of hydrogen-bond donors (Lipinski definition) is 2. The van der Waals surface area contributed by atoms with Gasteiger partial charge in [0.1, 0.15) is 0 Å². The van der Waals surface area contributed by atoms with Gasteiger partial charge in [-0.3, -0.25) is 4.79 Å². The van der Waals surface area contributed by atoms with Crippen LogP contribution < -0.4 is 5.32 Å². The molecule has 0 unspecified atom stereocenters. The van der Waals surface area contributed by atoms with Gasteiger partial charge in [-0.05, 0) is 23.6 Å². The third-order valence-corrected chi connectivity index (χ3v) is 5.21. The van der Waals surface area contributed by atoms with E-state index >= 15 is 0 Å². The number of nitrogens with one attached hydrogen (secondary N) is 2. The number of para-hydroxylation sites is 1. The molecule has 1 amide bonds. The third kappa shape index (κ3) is 4.76. The van der Waals surface area contributed by atoms with Crippen molar-refractivity contribution >= 4 is 16.8 Å². The minimum Gasteiger partial charge on any atom is -0.425 e. The molecule has 2 aromatic carbocycles. The zero-order valence-electron chi connectivity index (χ0n) is 17.1. The van der Waals surface area contributed by atoms with Crippen LogP contribution in [0, 0.1) is 0 Å². The minimum absolute atomic E-state index is 0.00585.